The Hall–Kier alpha value is -3.25. The van der Waals surface area contributed by atoms with Gasteiger partial charge >= 0.3 is 5.97 Å². The lowest BCUT2D eigenvalue weighted by Crippen LogP contribution is -2.31. The molecule has 4 rings (SSSR count). The molecule has 2 N–H and O–H groups in total. The molecule has 0 amide bonds. The second-order valence-electron chi connectivity index (χ2n) is 7.37. The minimum absolute atomic E-state index is 0.0238. The highest BCUT2D eigenvalue weighted by molar-refractivity contribution is 6.31. The van der Waals surface area contributed by atoms with Crippen LogP contribution < -0.4 is 10.5 Å². The normalized spacial score (nSPS) is 18.4. The Balaban J connectivity index is 1.64. The topological polar surface area (TPSA) is 87.9 Å². The number of hydrogen-bond acceptors (Lipinski definition) is 6. The summed E-state index contributed by atoms with van der Waals surface area (Å²) in [5, 5.41) is 0.639. The van der Waals surface area contributed by atoms with Gasteiger partial charge in [0.25, 0.3) is 0 Å². The molecule has 0 spiro atoms. The largest absolute Gasteiger partial charge is 0.489 e. The van der Waals surface area contributed by atoms with Crippen molar-refractivity contribution in [1.82, 2.24) is 0 Å². The minimum atomic E-state index is -0.637. The fraction of sp³-hybridized carbons (Fsp3) is 0.250. The molecule has 0 aromatic heterocycles. The van der Waals surface area contributed by atoms with Crippen molar-refractivity contribution in [2.45, 2.75) is 31.8 Å². The van der Waals surface area contributed by atoms with E-state index >= 15 is 0 Å². The van der Waals surface area contributed by atoms with Crippen molar-refractivity contribution >= 4 is 23.4 Å². The lowest BCUT2D eigenvalue weighted by Gasteiger charge is -2.32. The van der Waals surface area contributed by atoms with Gasteiger partial charge < -0.3 is 19.9 Å². The van der Waals surface area contributed by atoms with E-state index in [2.05, 4.69) is 0 Å². The molecule has 0 unspecified atom stereocenters. The first kappa shape index (κ1) is 21.0. The Bertz CT molecular complexity index is 1090. The van der Waals surface area contributed by atoms with E-state index in [0.29, 0.717) is 48.0 Å². The summed E-state index contributed by atoms with van der Waals surface area (Å²) in [7, 11) is 1.28. The van der Waals surface area contributed by atoms with Gasteiger partial charge in [0.15, 0.2) is 5.78 Å². The van der Waals surface area contributed by atoms with Crippen LogP contribution in [0.25, 0.3) is 0 Å². The number of carbonyl (C=O) groups excluding carboxylic acids is 2. The van der Waals surface area contributed by atoms with E-state index < -0.39 is 11.9 Å². The Morgan fingerprint density at radius 1 is 1.16 bits per heavy atom. The first-order chi connectivity index (χ1) is 15.0. The van der Waals surface area contributed by atoms with Gasteiger partial charge in [0.1, 0.15) is 23.7 Å². The van der Waals surface area contributed by atoms with Gasteiger partial charge in [-0.1, -0.05) is 41.9 Å². The van der Waals surface area contributed by atoms with Gasteiger partial charge in [-0.3, -0.25) is 4.79 Å². The summed E-state index contributed by atoms with van der Waals surface area (Å²) in [4.78, 5) is 25.2. The zero-order chi connectivity index (χ0) is 22.0. The first-order valence-corrected chi connectivity index (χ1v) is 10.4. The number of rotatable bonds is 5. The van der Waals surface area contributed by atoms with Crippen LogP contribution in [0.1, 0.15) is 36.3 Å². The van der Waals surface area contributed by atoms with Crippen LogP contribution in [-0.4, -0.2) is 18.9 Å². The van der Waals surface area contributed by atoms with Crippen molar-refractivity contribution in [3.8, 4) is 5.75 Å². The summed E-state index contributed by atoms with van der Waals surface area (Å²) in [5.74, 6) is -0.154. The highest BCUT2D eigenvalue weighted by Crippen LogP contribution is 2.44. The zero-order valence-corrected chi connectivity index (χ0v) is 17.8. The maximum atomic E-state index is 12.7. The van der Waals surface area contributed by atoms with Gasteiger partial charge in [-0.2, -0.15) is 0 Å². The molecule has 0 bridgehead atoms. The molecule has 1 aliphatic carbocycles. The fourth-order valence-electron chi connectivity index (χ4n) is 3.93. The van der Waals surface area contributed by atoms with Gasteiger partial charge in [0.05, 0.1) is 13.0 Å². The SMILES string of the molecule is COC(=O)C1=C(N)OC2=C(C(=O)CCC2)[C@H]1c1ccc(OCc2ccccc2Cl)cc1. The Morgan fingerprint density at radius 3 is 2.61 bits per heavy atom. The van der Waals surface area contributed by atoms with Crippen LogP contribution >= 0.6 is 11.6 Å². The Kier molecular flexibility index (Phi) is 6.00. The minimum Gasteiger partial charge on any atom is -0.489 e. The van der Waals surface area contributed by atoms with Crippen LogP contribution in [0.4, 0.5) is 0 Å². The lowest BCUT2D eigenvalue weighted by molar-refractivity contribution is -0.136. The maximum absolute atomic E-state index is 12.7. The quantitative estimate of drug-likeness (QED) is 0.695. The standard InChI is InChI=1S/C24H22ClNO5/c1-29-24(28)22-20(21-18(27)7-4-8-19(21)31-23(22)26)14-9-11-16(12-10-14)30-13-15-5-2-3-6-17(15)25/h2-3,5-6,9-12,20H,4,7-8,13,26H2,1H3/t20-/m1/s1. The smallest absolute Gasteiger partial charge is 0.340 e. The molecule has 2 aliphatic rings. The summed E-state index contributed by atoms with van der Waals surface area (Å²) >= 11 is 6.18. The molecule has 1 atom stereocenters. The predicted octanol–water partition coefficient (Wildman–Crippen LogP) is 4.38. The number of halogens is 1. The number of nitrogens with two attached hydrogens (primary N) is 1. The van der Waals surface area contributed by atoms with Crippen LogP contribution in [-0.2, 0) is 25.7 Å². The van der Waals surface area contributed by atoms with Gasteiger partial charge in [-0.15, -0.1) is 0 Å². The molecular formula is C24H22ClNO5. The van der Waals surface area contributed by atoms with Crippen LogP contribution in [0.15, 0.2) is 71.3 Å². The number of carbonyl (C=O) groups is 2. The van der Waals surface area contributed by atoms with E-state index in [0.717, 1.165) is 11.1 Å². The molecule has 2 aromatic carbocycles. The van der Waals surface area contributed by atoms with Gasteiger partial charge in [0.2, 0.25) is 5.88 Å². The van der Waals surface area contributed by atoms with E-state index in [9.17, 15) is 9.59 Å². The average Bonchev–Trinajstić information content (AvgIpc) is 2.78. The summed E-state index contributed by atoms with van der Waals surface area (Å²) in [6.45, 7) is 0.324. The van der Waals surface area contributed by atoms with Gasteiger partial charge in [-0.05, 0) is 30.2 Å². The summed E-state index contributed by atoms with van der Waals surface area (Å²) in [6.07, 6.45) is 1.71. The number of benzene rings is 2. The summed E-state index contributed by atoms with van der Waals surface area (Å²) in [6, 6.07) is 14.7. The molecule has 0 radical (unpaired) electrons. The number of esters is 1. The van der Waals surface area contributed by atoms with Crippen molar-refractivity contribution in [2.75, 3.05) is 7.11 Å². The van der Waals surface area contributed by atoms with E-state index in [1.54, 1.807) is 12.1 Å². The van der Waals surface area contributed by atoms with Crippen LogP contribution in [0.2, 0.25) is 5.02 Å². The third kappa shape index (κ3) is 4.16. The predicted molar refractivity (Wildman–Crippen MR) is 115 cm³/mol. The van der Waals surface area contributed by atoms with Gasteiger partial charge in [-0.25, -0.2) is 4.79 Å². The Labute approximate surface area is 185 Å². The van der Waals surface area contributed by atoms with Crippen molar-refractivity contribution in [3.63, 3.8) is 0 Å². The molecular weight excluding hydrogens is 418 g/mol. The van der Waals surface area contributed by atoms with Crippen molar-refractivity contribution in [1.29, 1.82) is 0 Å². The number of hydrogen-bond donors (Lipinski definition) is 1. The van der Waals surface area contributed by atoms with E-state index in [4.69, 9.17) is 31.5 Å². The third-order valence-corrected chi connectivity index (χ3v) is 5.82. The van der Waals surface area contributed by atoms with Crippen LogP contribution in [0.3, 0.4) is 0 Å². The van der Waals surface area contributed by atoms with Crippen molar-refractivity contribution in [2.24, 2.45) is 5.73 Å². The van der Waals surface area contributed by atoms with Crippen LogP contribution in [0, 0.1) is 0 Å². The molecule has 0 fully saturated rings. The number of ether oxygens (including phenoxy) is 3. The Morgan fingerprint density at radius 2 is 1.90 bits per heavy atom. The third-order valence-electron chi connectivity index (χ3n) is 5.46. The molecule has 1 aliphatic heterocycles. The van der Waals surface area contributed by atoms with E-state index in [-0.39, 0.29) is 17.2 Å². The molecule has 6 nitrogen and oxygen atoms in total. The second kappa shape index (κ2) is 8.86. The van der Waals surface area contributed by atoms with Crippen molar-refractivity contribution in [3.05, 3.63) is 87.5 Å². The monoisotopic (exact) mass is 439 g/mol. The maximum Gasteiger partial charge on any atom is 0.340 e. The fourth-order valence-corrected chi connectivity index (χ4v) is 4.12. The molecule has 160 valence electrons. The van der Waals surface area contributed by atoms with Crippen LogP contribution in [0.5, 0.6) is 5.75 Å². The summed E-state index contributed by atoms with van der Waals surface area (Å²) < 4.78 is 16.4. The van der Waals surface area contributed by atoms with Crippen molar-refractivity contribution < 1.29 is 23.8 Å². The van der Waals surface area contributed by atoms with E-state index in [1.807, 2.05) is 36.4 Å². The highest BCUT2D eigenvalue weighted by atomic mass is 35.5. The lowest BCUT2D eigenvalue weighted by atomic mass is 9.77. The molecule has 0 saturated carbocycles. The average molecular weight is 440 g/mol. The molecule has 0 saturated heterocycles. The first-order valence-electron chi connectivity index (χ1n) is 9.97. The number of ketones is 1. The highest BCUT2D eigenvalue weighted by Gasteiger charge is 2.41. The van der Waals surface area contributed by atoms with Gasteiger partial charge in [0, 0.05) is 29.0 Å². The number of methoxy groups -OCH3 is 1. The molecule has 7 heteroatoms. The number of allylic oxidation sites excluding steroid dienone is 2. The summed E-state index contributed by atoms with van der Waals surface area (Å²) in [5.41, 5.74) is 8.30. The molecule has 2 aromatic rings. The molecule has 31 heavy (non-hydrogen) atoms. The second-order valence-corrected chi connectivity index (χ2v) is 7.77. The van der Waals surface area contributed by atoms with E-state index in [1.165, 1.54) is 7.11 Å². The zero-order valence-electron chi connectivity index (χ0n) is 17.0. The molecule has 1 heterocycles. The number of Topliss-reactive ketones (excluding diaryl/α,β-unsaturated/α-hetero) is 1.